The van der Waals surface area contributed by atoms with Crippen LogP contribution in [-0.4, -0.2) is 11.1 Å². The third kappa shape index (κ3) is 5.35. The fraction of sp³-hybridized carbons (Fsp3) is 0.100. The molecule has 0 saturated heterocycles. The topological polar surface area (TPSA) is 60.4 Å². The van der Waals surface area contributed by atoms with Crippen LogP contribution in [0.15, 0.2) is 36.4 Å². The molecule has 5 heteroatoms. The molecule has 1 rings (SSSR count). The van der Waals surface area contributed by atoms with Gasteiger partial charge < -0.3 is 15.0 Å². The number of aliphatic hydroxyl groups is 1. The van der Waals surface area contributed by atoms with Gasteiger partial charge >= 0.3 is 29.6 Å². The van der Waals surface area contributed by atoms with Crippen molar-refractivity contribution in [3.8, 4) is 0 Å². The number of hydrogen-bond donors (Lipinski definition) is 1. The number of aliphatic hydroxyl groups excluding tert-OH is 1. The van der Waals surface area contributed by atoms with Crippen LogP contribution in [0.2, 0.25) is 5.02 Å². The molecule has 3 nitrogen and oxygen atoms in total. The van der Waals surface area contributed by atoms with Gasteiger partial charge in [-0.05, 0) is 29.8 Å². The van der Waals surface area contributed by atoms with Crippen LogP contribution < -0.4 is 34.7 Å². The summed E-state index contributed by atoms with van der Waals surface area (Å²) in [4.78, 5) is 10.1. The Morgan fingerprint density at radius 3 is 2.40 bits per heavy atom. The average Bonchev–Trinajstić information content (AvgIpc) is 2.15. The van der Waals surface area contributed by atoms with Crippen molar-refractivity contribution >= 4 is 17.6 Å². The van der Waals surface area contributed by atoms with Gasteiger partial charge in [0.1, 0.15) is 0 Å². The average molecular weight is 235 g/mol. The standard InChI is InChI=1S/C10H9ClO3.Na/c11-8-3-1-7(2-4-8)9(12)5-6-10(13)14;/h1-6,9,12H,(H,13,14);/q;+1/p-1/b6-5-;/t9-;/m0./s1. The van der Waals surface area contributed by atoms with E-state index in [0.717, 1.165) is 12.2 Å². The smallest absolute Gasteiger partial charge is 0.545 e. The maximum absolute atomic E-state index is 10.1. The Bertz CT molecular complexity index is 348. The van der Waals surface area contributed by atoms with E-state index in [9.17, 15) is 15.0 Å². The number of carbonyl (C=O) groups is 1. The predicted octanol–water partition coefficient (Wildman–Crippen LogP) is -2.32. The SMILES string of the molecule is O=C([O-])/C=C\[C@H](O)c1ccc(Cl)cc1.[Na+]. The summed E-state index contributed by atoms with van der Waals surface area (Å²) in [5, 5.41) is 20.1. The van der Waals surface area contributed by atoms with Crippen LogP contribution in [0.25, 0.3) is 0 Å². The van der Waals surface area contributed by atoms with Crippen LogP contribution in [0.1, 0.15) is 11.7 Å². The Morgan fingerprint density at radius 1 is 1.40 bits per heavy atom. The number of rotatable bonds is 3. The van der Waals surface area contributed by atoms with E-state index in [1.54, 1.807) is 24.3 Å². The number of carboxylic acids is 1. The van der Waals surface area contributed by atoms with Crippen LogP contribution in [0, 0.1) is 0 Å². The van der Waals surface area contributed by atoms with Gasteiger partial charge in [-0.25, -0.2) is 0 Å². The first kappa shape index (κ1) is 14.7. The summed E-state index contributed by atoms with van der Waals surface area (Å²) < 4.78 is 0. The van der Waals surface area contributed by atoms with Crippen LogP contribution >= 0.6 is 11.6 Å². The summed E-state index contributed by atoms with van der Waals surface area (Å²) in [6.45, 7) is 0. The molecule has 0 aliphatic carbocycles. The minimum absolute atomic E-state index is 0. The van der Waals surface area contributed by atoms with E-state index >= 15 is 0 Å². The molecule has 0 aliphatic rings. The fourth-order valence-electron chi connectivity index (χ4n) is 0.941. The fourth-order valence-corrected chi connectivity index (χ4v) is 1.07. The van der Waals surface area contributed by atoms with E-state index in [-0.39, 0.29) is 29.6 Å². The molecule has 0 amide bonds. The minimum atomic E-state index is -1.34. The Balaban J connectivity index is 0.00000196. The predicted molar refractivity (Wildman–Crippen MR) is 50.6 cm³/mol. The largest absolute Gasteiger partial charge is 1.00 e. The molecule has 1 aromatic rings. The van der Waals surface area contributed by atoms with E-state index < -0.39 is 12.1 Å². The van der Waals surface area contributed by atoms with Crippen molar-refractivity contribution in [3.05, 3.63) is 47.0 Å². The summed E-state index contributed by atoms with van der Waals surface area (Å²) in [7, 11) is 0. The van der Waals surface area contributed by atoms with Crippen molar-refractivity contribution in [1.82, 2.24) is 0 Å². The summed E-state index contributed by atoms with van der Waals surface area (Å²) in [6.07, 6.45) is 0.975. The second kappa shape index (κ2) is 7.04. The molecule has 0 aliphatic heterocycles. The van der Waals surface area contributed by atoms with E-state index in [4.69, 9.17) is 11.6 Å². The summed E-state index contributed by atoms with van der Waals surface area (Å²) >= 11 is 5.64. The summed E-state index contributed by atoms with van der Waals surface area (Å²) in [5.41, 5.74) is 0.576. The van der Waals surface area contributed by atoms with Gasteiger partial charge in [0.25, 0.3) is 0 Å². The maximum atomic E-state index is 10.1. The van der Waals surface area contributed by atoms with Gasteiger partial charge in [-0.1, -0.05) is 23.7 Å². The molecule has 0 bridgehead atoms. The number of hydrogen-bond acceptors (Lipinski definition) is 3. The van der Waals surface area contributed by atoms with E-state index in [0.29, 0.717) is 10.6 Å². The van der Waals surface area contributed by atoms with Gasteiger partial charge in [-0.2, -0.15) is 0 Å². The molecule has 0 aromatic heterocycles. The second-order valence-corrected chi connectivity index (χ2v) is 3.11. The first-order valence-corrected chi connectivity index (χ1v) is 4.30. The van der Waals surface area contributed by atoms with Crippen molar-refractivity contribution in [3.63, 3.8) is 0 Å². The van der Waals surface area contributed by atoms with Crippen molar-refractivity contribution in [2.24, 2.45) is 0 Å². The van der Waals surface area contributed by atoms with Crippen molar-refractivity contribution in [2.45, 2.75) is 6.10 Å². The molecule has 1 aromatic carbocycles. The van der Waals surface area contributed by atoms with Gasteiger partial charge in [0, 0.05) is 5.02 Å². The molecule has 1 atom stereocenters. The van der Waals surface area contributed by atoms with E-state index in [1.165, 1.54) is 0 Å². The quantitative estimate of drug-likeness (QED) is 0.472. The Hall–Kier alpha value is -0.320. The molecule has 0 fully saturated rings. The molecule has 0 saturated carbocycles. The van der Waals surface area contributed by atoms with Gasteiger partial charge in [-0.3, -0.25) is 0 Å². The van der Waals surface area contributed by atoms with E-state index in [2.05, 4.69) is 0 Å². The van der Waals surface area contributed by atoms with Crippen molar-refractivity contribution in [2.75, 3.05) is 0 Å². The number of halogens is 1. The molecular weight excluding hydrogens is 227 g/mol. The Labute approximate surface area is 115 Å². The number of carboxylic acid groups (broad SMARTS) is 1. The molecule has 74 valence electrons. The van der Waals surface area contributed by atoms with Crippen LogP contribution in [0.4, 0.5) is 0 Å². The first-order valence-electron chi connectivity index (χ1n) is 3.92. The van der Waals surface area contributed by atoms with Gasteiger partial charge in [0.15, 0.2) is 0 Å². The van der Waals surface area contributed by atoms with Crippen molar-refractivity contribution in [1.29, 1.82) is 0 Å². The zero-order valence-corrected chi connectivity index (χ0v) is 10.9. The Kier molecular flexibility index (Phi) is 6.89. The zero-order chi connectivity index (χ0) is 10.6. The second-order valence-electron chi connectivity index (χ2n) is 2.67. The van der Waals surface area contributed by atoms with Crippen LogP contribution in [0.5, 0.6) is 0 Å². The first-order chi connectivity index (χ1) is 6.59. The molecule has 0 radical (unpaired) electrons. The number of aliphatic carboxylic acids is 1. The minimum Gasteiger partial charge on any atom is -0.545 e. The molecule has 15 heavy (non-hydrogen) atoms. The zero-order valence-electron chi connectivity index (χ0n) is 8.18. The monoisotopic (exact) mass is 234 g/mol. The molecule has 1 N–H and O–H groups in total. The Morgan fingerprint density at radius 2 is 1.93 bits per heavy atom. The van der Waals surface area contributed by atoms with Crippen LogP contribution in [-0.2, 0) is 4.79 Å². The van der Waals surface area contributed by atoms with Gasteiger partial charge in [-0.15, -0.1) is 0 Å². The third-order valence-corrected chi connectivity index (χ3v) is 1.88. The molecule has 0 spiro atoms. The maximum Gasteiger partial charge on any atom is 1.00 e. The van der Waals surface area contributed by atoms with Gasteiger partial charge in [0.2, 0.25) is 0 Å². The summed E-state index contributed by atoms with van der Waals surface area (Å²) in [5.74, 6) is -1.34. The van der Waals surface area contributed by atoms with Gasteiger partial charge in [0.05, 0.1) is 12.1 Å². The van der Waals surface area contributed by atoms with Crippen molar-refractivity contribution < 1.29 is 44.6 Å². The normalized spacial score (nSPS) is 12.1. The van der Waals surface area contributed by atoms with Crippen LogP contribution in [0.3, 0.4) is 0 Å². The third-order valence-electron chi connectivity index (χ3n) is 1.63. The summed E-state index contributed by atoms with van der Waals surface area (Å²) in [6, 6.07) is 6.47. The number of carbonyl (C=O) groups excluding carboxylic acids is 1. The molecule has 0 unspecified atom stereocenters. The number of benzene rings is 1. The van der Waals surface area contributed by atoms with E-state index in [1.807, 2.05) is 0 Å². The molecule has 0 heterocycles. The molecular formula is C10H8ClNaO3.